The molecule has 3 rings (SSSR count). The zero-order valence-electron chi connectivity index (χ0n) is 7.79. The van der Waals surface area contributed by atoms with Gasteiger partial charge in [0.05, 0.1) is 5.52 Å². The fraction of sp³-hybridized carbons (Fsp3) is 0. The molecular weight excluding hydrogens is 190 g/mol. The van der Waals surface area contributed by atoms with Crippen molar-refractivity contribution in [1.82, 2.24) is 14.6 Å². The molecule has 1 aromatic carbocycles. The quantitative estimate of drug-likeness (QED) is 0.558. The molecule has 0 aliphatic rings. The van der Waals surface area contributed by atoms with Gasteiger partial charge in [-0.15, -0.1) is 10.2 Å². The number of fused-ring (bicyclic) bond motifs is 3. The second kappa shape index (κ2) is 2.88. The zero-order chi connectivity index (χ0) is 10.3. The van der Waals surface area contributed by atoms with E-state index in [4.69, 9.17) is 0 Å². The van der Waals surface area contributed by atoms with Gasteiger partial charge >= 0.3 is 0 Å². The number of nitrogens with zero attached hydrogens (tertiary/aromatic N) is 3. The maximum Gasteiger partial charge on any atom is 0.161 e. The maximum atomic E-state index is 10.9. The van der Waals surface area contributed by atoms with Crippen molar-refractivity contribution in [2.75, 3.05) is 0 Å². The van der Waals surface area contributed by atoms with Gasteiger partial charge in [-0.25, -0.2) is 0 Å². The molecule has 0 unspecified atom stereocenters. The Morgan fingerprint density at radius 1 is 1.20 bits per heavy atom. The van der Waals surface area contributed by atoms with Crippen LogP contribution in [0.2, 0.25) is 0 Å². The summed E-state index contributed by atoms with van der Waals surface area (Å²) < 4.78 is 1.82. The van der Waals surface area contributed by atoms with E-state index in [0.29, 0.717) is 5.56 Å². The topological polar surface area (TPSA) is 47.3 Å². The summed E-state index contributed by atoms with van der Waals surface area (Å²) in [5, 5.41) is 8.77. The number of pyridine rings is 1. The summed E-state index contributed by atoms with van der Waals surface area (Å²) in [5.41, 5.74) is 2.25. The van der Waals surface area contributed by atoms with Gasteiger partial charge in [0.15, 0.2) is 11.9 Å². The lowest BCUT2D eigenvalue weighted by atomic mass is 10.1. The van der Waals surface area contributed by atoms with Crippen molar-refractivity contribution in [3.8, 4) is 0 Å². The van der Waals surface area contributed by atoms with Gasteiger partial charge in [0, 0.05) is 5.56 Å². The Kier molecular flexibility index (Phi) is 1.56. The Bertz CT molecular complexity index is 657. The van der Waals surface area contributed by atoms with Gasteiger partial charge in [0.2, 0.25) is 0 Å². The molecular formula is C11H7N3O. The second-order valence-corrected chi connectivity index (χ2v) is 3.30. The van der Waals surface area contributed by atoms with Crippen LogP contribution in [0.3, 0.4) is 0 Å². The fourth-order valence-corrected chi connectivity index (χ4v) is 1.78. The highest BCUT2D eigenvalue weighted by Crippen LogP contribution is 2.18. The molecule has 72 valence electrons. The van der Waals surface area contributed by atoms with Crippen molar-refractivity contribution in [2.24, 2.45) is 0 Å². The number of aldehydes is 1. The molecule has 3 aromatic rings. The average molecular weight is 197 g/mol. The van der Waals surface area contributed by atoms with Gasteiger partial charge in [-0.1, -0.05) is 12.1 Å². The first kappa shape index (κ1) is 8.11. The Labute approximate surface area is 85.2 Å². The summed E-state index contributed by atoms with van der Waals surface area (Å²) in [5.74, 6) is 0. The number of para-hydroxylation sites is 1. The Hall–Kier alpha value is -2.23. The first-order valence-corrected chi connectivity index (χ1v) is 4.57. The van der Waals surface area contributed by atoms with Crippen LogP contribution in [0.1, 0.15) is 10.4 Å². The van der Waals surface area contributed by atoms with Crippen molar-refractivity contribution in [3.05, 3.63) is 42.2 Å². The van der Waals surface area contributed by atoms with Crippen LogP contribution in [-0.4, -0.2) is 20.9 Å². The monoisotopic (exact) mass is 197 g/mol. The Balaban J connectivity index is 2.64. The van der Waals surface area contributed by atoms with E-state index >= 15 is 0 Å². The minimum atomic E-state index is 0.651. The average Bonchev–Trinajstić information content (AvgIpc) is 2.76. The maximum absolute atomic E-state index is 10.9. The van der Waals surface area contributed by atoms with E-state index in [0.717, 1.165) is 22.8 Å². The lowest BCUT2D eigenvalue weighted by molar-refractivity contribution is 0.112. The molecule has 0 radical (unpaired) electrons. The summed E-state index contributed by atoms with van der Waals surface area (Å²) >= 11 is 0. The van der Waals surface area contributed by atoms with Crippen LogP contribution in [0.15, 0.2) is 36.7 Å². The van der Waals surface area contributed by atoms with Crippen LogP contribution in [-0.2, 0) is 0 Å². The number of rotatable bonds is 1. The summed E-state index contributed by atoms with van der Waals surface area (Å²) in [6, 6.07) is 9.43. The molecule has 0 aliphatic heterocycles. The molecule has 4 heteroatoms. The molecule has 0 atom stereocenters. The van der Waals surface area contributed by atoms with Gasteiger partial charge in [0.1, 0.15) is 6.33 Å². The summed E-state index contributed by atoms with van der Waals surface area (Å²) in [6.45, 7) is 0. The van der Waals surface area contributed by atoms with Crippen molar-refractivity contribution in [1.29, 1.82) is 0 Å². The van der Waals surface area contributed by atoms with Crippen LogP contribution in [0.4, 0.5) is 0 Å². The highest BCUT2D eigenvalue weighted by atomic mass is 16.1. The molecule has 0 aliphatic carbocycles. The summed E-state index contributed by atoms with van der Waals surface area (Å²) in [6.07, 6.45) is 2.46. The second-order valence-electron chi connectivity index (χ2n) is 3.30. The van der Waals surface area contributed by atoms with E-state index in [-0.39, 0.29) is 0 Å². The first-order chi connectivity index (χ1) is 7.40. The SMILES string of the molecule is O=Cc1cccc2ccc3nncn3c12. The van der Waals surface area contributed by atoms with Crippen LogP contribution >= 0.6 is 0 Å². The van der Waals surface area contributed by atoms with E-state index in [1.807, 2.05) is 28.7 Å². The fourth-order valence-electron chi connectivity index (χ4n) is 1.78. The van der Waals surface area contributed by atoms with E-state index in [1.54, 1.807) is 12.4 Å². The number of hydrogen-bond acceptors (Lipinski definition) is 3. The zero-order valence-corrected chi connectivity index (χ0v) is 7.79. The molecule has 0 fully saturated rings. The molecule has 4 nitrogen and oxygen atoms in total. The summed E-state index contributed by atoms with van der Waals surface area (Å²) in [7, 11) is 0. The number of aromatic nitrogens is 3. The highest BCUT2D eigenvalue weighted by Gasteiger charge is 2.04. The van der Waals surface area contributed by atoms with E-state index in [1.165, 1.54) is 0 Å². The molecule has 15 heavy (non-hydrogen) atoms. The van der Waals surface area contributed by atoms with Crippen LogP contribution < -0.4 is 0 Å². The van der Waals surface area contributed by atoms with Gasteiger partial charge in [-0.3, -0.25) is 9.20 Å². The molecule has 0 spiro atoms. The lowest BCUT2D eigenvalue weighted by Crippen LogP contribution is -1.92. The first-order valence-electron chi connectivity index (χ1n) is 4.57. The third kappa shape index (κ3) is 1.05. The predicted octanol–water partition coefficient (Wildman–Crippen LogP) is 1.70. The van der Waals surface area contributed by atoms with Gasteiger partial charge < -0.3 is 0 Å². The van der Waals surface area contributed by atoms with Crippen LogP contribution in [0, 0.1) is 0 Å². The van der Waals surface area contributed by atoms with Crippen LogP contribution in [0.5, 0.6) is 0 Å². The number of carbonyl (C=O) groups is 1. The summed E-state index contributed by atoms with van der Waals surface area (Å²) in [4.78, 5) is 10.9. The smallest absolute Gasteiger partial charge is 0.161 e. The number of carbonyl (C=O) groups excluding carboxylic acids is 1. The van der Waals surface area contributed by atoms with Crippen molar-refractivity contribution >= 4 is 22.8 Å². The third-order valence-corrected chi connectivity index (χ3v) is 2.45. The van der Waals surface area contributed by atoms with E-state index in [9.17, 15) is 4.79 Å². The molecule has 0 bridgehead atoms. The predicted molar refractivity (Wildman–Crippen MR) is 55.9 cm³/mol. The minimum Gasteiger partial charge on any atom is -0.298 e. The van der Waals surface area contributed by atoms with Gasteiger partial charge in [0.25, 0.3) is 0 Å². The van der Waals surface area contributed by atoms with Gasteiger partial charge in [-0.2, -0.15) is 0 Å². The minimum absolute atomic E-state index is 0.651. The molecule has 0 N–H and O–H groups in total. The highest BCUT2D eigenvalue weighted by molar-refractivity contribution is 5.96. The molecule has 2 heterocycles. The normalized spacial score (nSPS) is 10.9. The Morgan fingerprint density at radius 2 is 2.13 bits per heavy atom. The molecule has 0 amide bonds. The molecule has 0 saturated carbocycles. The van der Waals surface area contributed by atoms with Crippen molar-refractivity contribution in [3.63, 3.8) is 0 Å². The number of benzene rings is 1. The van der Waals surface area contributed by atoms with Crippen molar-refractivity contribution < 1.29 is 4.79 Å². The molecule has 2 aromatic heterocycles. The molecule has 0 saturated heterocycles. The van der Waals surface area contributed by atoms with E-state index in [2.05, 4.69) is 10.2 Å². The van der Waals surface area contributed by atoms with Crippen LogP contribution in [0.25, 0.3) is 16.6 Å². The lowest BCUT2D eigenvalue weighted by Gasteiger charge is -2.02. The standard InChI is InChI=1S/C11H7N3O/c15-6-9-3-1-2-8-4-5-10-13-12-7-14(10)11(8)9/h1-7H. The Morgan fingerprint density at radius 3 is 3.00 bits per heavy atom. The third-order valence-electron chi connectivity index (χ3n) is 2.45. The largest absolute Gasteiger partial charge is 0.298 e. The van der Waals surface area contributed by atoms with Gasteiger partial charge in [-0.05, 0) is 23.6 Å². The number of hydrogen-bond donors (Lipinski definition) is 0. The van der Waals surface area contributed by atoms with Crippen molar-refractivity contribution in [2.45, 2.75) is 0 Å². The van der Waals surface area contributed by atoms with E-state index < -0.39 is 0 Å².